The number of hydrogen-bond donors (Lipinski definition) is 3. The van der Waals surface area contributed by atoms with Crippen molar-refractivity contribution in [1.82, 2.24) is 0 Å². The Balaban J connectivity index is 1.90. The summed E-state index contributed by atoms with van der Waals surface area (Å²) in [5, 5.41) is 19.7. The Labute approximate surface area is 148 Å². The number of primary amides is 1. The van der Waals surface area contributed by atoms with E-state index in [9.17, 15) is 15.0 Å². The molecular weight excluding hydrogens is 302 g/mol. The highest BCUT2D eigenvalue weighted by Gasteiger charge is 2.61. The SMILES string of the molecule is CCCCCCCCCCCCCCCC1(C(O)(O)C(N)=O)CC1. The molecule has 4 heteroatoms. The van der Waals surface area contributed by atoms with Gasteiger partial charge in [0.2, 0.25) is 5.79 Å². The monoisotopic (exact) mass is 341 g/mol. The molecule has 1 amide bonds. The van der Waals surface area contributed by atoms with Gasteiger partial charge in [-0.1, -0.05) is 90.4 Å². The number of hydrogen-bond acceptors (Lipinski definition) is 3. The highest BCUT2D eigenvalue weighted by atomic mass is 16.5. The first-order chi connectivity index (χ1) is 11.5. The molecule has 0 spiro atoms. The summed E-state index contributed by atoms with van der Waals surface area (Å²) in [6, 6.07) is 0. The third-order valence-electron chi connectivity index (χ3n) is 5.70. The standard InChI is InChI=1S/C20H39NO3/c1-2-3-4-5-6-7-8-9-10-11-12-13-14-15-19(16-17-19)20(23,24)18(21)22/h23-24H,2-17H2,1H3,(H2,21,22). The Morgan fingerprint density at radius 1 is 0.833 bits per heavy atom. The number of carbonyl (C=O) groups excluding carboxylic acids is 1. The molecule has 0 unspecified atom stereocenters. The van der Waals surface area contributed by atoms with Crippen LogP contribution < -0.4 is 5.73 Å². The predicted molar refractivity (Wildman–Crippen MR) is 98.3 cm³/mol. The van der Waals surface area contributed by atoms with Gasteiger partial charge in [0, 0.05) is 5.41 Å². The van der Waals surface area contributed by atoms with E-state index in [4.69, 9.17) is 5.73 Å². The topological polar surface area (TPSA) is 83.6 Å². The molecule has 1 saturated carbocycles. The van der Waals surface area contributed by atoms with E-state index in [1.165, 1.54) is 70.6 Å². The number of unbranched alkanes of at least 4 members (excludes halogenated alkanes) is 12. The first-order valence-corrected chi connectivity index (χ1v) is 10.2. The van der Waals surface area contributed by atoms with E-state index in [2.05, 4.69) is 6.92 Å². The van der Waals surface area contributed by atoms with Crippen molar-refractivity contribution in [2.75, 3.05) is 0 Å². The van der Waals surface area contributed by atoms with Crippen LogP contribution in [0, 0.1) is 5.41 Å². The van der Waals surface area contributed by atoms with Crippen LogP contribution in [-0.4, -0.2) is 21.9 Å². The maximum atomic E-state index is 11.2. The Morgan fingerprint density at radius 3 is 1.54 bits per heavy atom. The largest absolute Gasteiger partial charge is 0.365 e. The van der Waals surface area contributed by atoms with Gasteiger partial charge in [0.05, 0.1) is 0 Å². The fraction of sp³-hybridized carbons (Fsp3) is 0.950. The van der Waals surface area contributed by atoms with Crippen molar-refractivity contribution in [2.24, 2.45) is 11.1 Å². The zero-order chi connectivity index (χ0) is 17.9. The Kier molecular flexibility index (Phi) is 9.91. The lowest BCUT2D eigenvalue weighted by atomic mass is 9.88. The normalized spacial score (nSPS) is 16.3. The molecule has 1 aliphatic carbocycles. The average Bonchev–Trinajstić information content (AvgIpc) is 3.33. The van der Waals surface area contributed by atoms with Crippen molar-refractivity contribution >= 4 is 5.91 Å². The van der Waals surface area contributed by atoms with E-state index < -0.39 is 17.1 Å². The molecule has 1 rings (SSSR count). The molecule has 142 valence electrons. The number of nitrogens with two attached hydrogens (primary N) is 1. The molecule has 0 aliphatic heterocycles. The fourth-order valence-corrected chi connectivity index (χ4v) is 3.67. The molecule has 0 aromatic carbocycles. The minimum absolute atomic E-state index is 0.656. The molecule has 1 aliphatic rings. The summed E-state index contributed by atoms with van der Waals surface area (Å²) in [7, 11) is 0. The van der Waals surface area contributed by atoms with Crippen molar-refractivity contribution in [3.8, 4) is 0 Å². The minimum Gasteiger partial charge on any atom is -0.365 e. The van der Waals surface area contributed by atoms with Gasteiger partial charge in [-0.05, 0) is 19.3 Å². The third-order valence-corrected chi connectivity index (χ3v) is 5.70. The lowest BCUT2D eigenvalue weighted by Gasteiger charge is -2.28. The van der Waals surface area contributed by atoms with E-state index >= 15 is 0 Å². The summed E-state index contributed by atoms with van der Waals surface area (Å²) in [6.45, 7) is 2.26. The highest BCUT2D eigenvalue weighted by molar-refractivity contribution is 5.82. The second-order valence-electron chi connectivity index (χ2n) is 7.81. The van der Waals surface area contributed by atoms with Crippen LogP contribution in [-0.2, 0) is 4.79 Å². The molecule has 0 bridgehead atoms. The minimum atomic E-state index is -2.32. The average molecular weight is 342 g/mol. The van der Waals surface area contributed by atoms with Gasteiger partial charge in [0.1, 0.15) is 0 Å². The second kappa shape index (κ2) is 11.1. The summed E-state index contributed by atoms with van der Waals surface area (Å²) in [4.78, 5) is 11.2. The van der Waals surface area contributed by atoms with Crippen LogP contribution in [0.1, 0.15) is 110 Å². The summed E-state index contributed by atoms with van der Waals surface area (Å²) in [5.41, 5.74) is 4.45. The van der Waals surface area contributed by atoms with Crippen LogP contribution in [0.2, 0.25) is 0 Å². The van der Waals surface area contributed by atoms with E-state index in [0.717, 1.165) is 12.8 Å². The number of rotatable bonds is 16. The van der Waals surface area contributed by atoms with Crippen molar-refractivity contribution in [3.05, 3.63) is 0 Å². The van der Waals surface area contributed by atoms with E-state index in [0.29, 0.717) is 19.3 Å². The van der Waals surface area contributed by atoms with E-state index in [-0.39, 0.29) is 0 Å². The Morgan fingerprint density at radius 2 is 1.21 bits per heavy atom. The first-order valence-electron chi connectivity index (χ1n) is 10.2. The van der Waals surface area contributed by atoms with Gasteiger partial charge in [-0.25, -0.2) is 0 Å². The predicted octanol–water partition coefficient (Wildman–Crippen LogP) is 4.41. The number of carbonyl (C=O) groups is 1. The van der Waals surface area contributed by atoms with Gasteiger partial charge >= 0.3 is 0 Å². The summed E-state index contributed by atoms with van der Waals surface area (Å²) in [6.07, 6.45) is 18.9. The van der Waals surface area contributed by atoms with Crippen LogP contribution in [0.5, 0.6) is 0 Å². The second-order valence-corrected chi connectivity index (χ2v) is 7.81. The molecule has 0 radical (unpaired) electrons. The molecule has 4 N–H and O–H groups in total. The zero-order valence-corrected chi connectivity index (χ0v) is 15.7. The number of amides is 1. The number of aliphatic hydroxyl groups is 2. The lowest BCUT2D eigenvalue weighted by molar-refractivity contribution is -0.211. The smallest absolute Gasteiger partial charge is 0.277 e. The van der Waals surface area contributed by atoms with E-state index in [1.54, 1.807) is 0 Å². The summed E-state index contributed by atoms with van der Waals surface area (Å²) < 4.78 is 0. The molecule has 1 fully saturated rings. The molecular formula is C20H39NO3. The van der Waals surface area contributed by atoms with Gasteiger partial charge in [-0.2, -0.15) is 0 Å². The Hall–Kier alpha value is -0.610. The van der Waals surface area contributed by atoms with Gasteiger partial charge in [-0.15, -0.1) is 0 Å². The van der Waals surface area contributed by atoms with Crippen LogP contribution in [0.3, 0.4) is 0 Å². The molecule has 0 atom stereocenters. The van der Waals surface area contributed by atoms with Gasteiger partial charge in [0.25, 0.3) is 5.91 Å². The van der Waals surface area contributed by atoms with Gasteiger partial charge in [-0.3, -0.25) is 4.79 Å². The third kappa shape index (κ3) is 7.10. The van der Waals surface area contributed by atoms with Gasteiger partial charge < -0.3 is 15.9 Å². The zero-order valence-electron chi connectivity index (χ0n) is 15.7. The van der Waals surface area contributed by atoms with Crippen molar-refractivity contribution in [2.45, 2.75) is 115 Å². The summed E-state index contributed by atoms with van der Waals surface area (Å²) >= 11 is 0. The Bertz CT molecular complexity index is 351. The molecule has 0 aromatic heterocycles. The van der Waals surface area contributed by atoms with Gasteiger partial charge in [0.15, 0.2) is 0 Å². The van der Waals surface area contributed by atoms with Crippen LogP contribution in [0.15, 0.2) is 0 Å². The van der Waals surface area contributed by atoms with E-state index in [1.807, 2.05) is 0 Å². The van der Waals surface area contributed by atoms with Crippen LogP contribution >= 0.6 is 0 Å². The first kappa shape index (κ1) is 21.4. The van der Waals surface area contributed by atoms with Crippen LogP contribution in [0.25, 0.3) is 0 Å². The van der Waals surface area contributed by atoms with Crippen molar-refractivity contribution < 1.29 is 15.0 Å². The maximum absolute atomic E-state index is 11.2. The molecule has 4 nitrogen and oxygen atoms in total. The molecule has 0 heterocycles. The summed E-state index contributed by atoms with van der Waals surface area (Å²) in [5.74, 6) is -3.32. The molecule has 24 heavy (non-hydrogen) atoms. The lowest BCUT2D eigenvalue weighted by Crippen LogP contribution is -2.51. The van der Waals surface area contributed by atoms with Crippen LogP contribution in [0.4, 0.5) is 0 Å². The van der Waals surface area contributed by atoms with Crippen molar-refractivity contribution in [3.63, 3.8) is 0 Å². The molecule has 0 aromatic rings. The molecule has 0 saturated heterocycles. The quantitative estimate of drug-likeness (QED) is 0.287. The van der Waals surface area contributed by atoms with Crippen molar-refractivity contribution in [1.29, 1.82) is 0 Å². The maximum Gasteiger partial charge on any atom is 0.277 e. The highest BCUT2D eigenvalue weighted by Crippen LogP contribution is 2.56. The fourth-order valence-electron chi connectivity index (χ4n) is 3.67.